The highest BCUT2D eigenvalue weighted by Crippen LogP contribution is 2.28. The maximum Gasteiger partial charge on any atom is 0.0748 e. The minimum atomic E-state index is 0.687. The number of dihydropyridines is 1. The molecule has 0 N–H and O–H groups in total. The molecule has 0 saturated carbocycles. The number of nitrogens with zero attached hydrogens (tertiary/aromatic N) is 1. The molecule has 2 heterocycles. The van der Waals surface area contributed by atoms with E-state index in [9.17, 15) is 0 Å². The van der Waals surface area contributed by atoms with Crippen molar-refractivity contribution in [2.45, 2.75) is 12.8 Å². The van der Waals surface area contributed by atoms with Crippen LogP contribution in [0.4, 0.5) is 0 Å². The molecule has 1 nitrogen and oxygen atoms in total. The molecule has 10 heavy (non-hydrogen) atoms. The smallest absolute Gasteiger partial charge is 0.0748 e. The Hall–Kier alpha value is -0.240. The van der Waals surface area contributed by atoms with E-state index in [4.69, 9.17) is 0 Å². The molecule has 2 heteroatoms. The normalized spacial score (nSPS) is 31.2. The summed E-state index contributed by atoms with van der Waals surface area (Å²) >= 11 is 1.95. The predicted molar refractivity (Wildman–Crippen MR) is 46.6 cm³/mol. The number of rotatable bonds is 0. The number of hydrogen-bond acceptors (Lipinski definition) is 2. The van der Waals surface area contributed by atoms with Crippen molar-refractivity contribution in [3.8, 4) is 0 Å². The summed E-state index contributed by atoms with van der Waals surface area (Å²) in [5, 5.41) is 1.38. The zero-order chi connectivity index (χ0) is 6.81. The zero-order valence-corrected chi connectivity index (χ0v) is 6.73. The van der Waals surface area contributed by atoms with Crippen molar-refractivity contribution >= 4 is 16.8 Å². The van der Waals surface area contributed by atoms with Gasteiger partial charge in [-0.15, -0.1) is 11.8 Å². The Labute approximate surface area is 65.6 Å². The molecule has 0 aromatic heterocycles. The molecule has 1 atom stereocenters. The second-order valence-corrected chi connectivity index (χ2v) is 3.82. The van der Waals surface area contributed by atoms with Gasteiger partial charge in [-0.05, 0) is 18.6 Å². The third-order valence-corrected chi connectivity index (χ3v) is 3.17. The van der Waals surface area contributed by atoms with Crippen molar-refractivity contribution in [1.29, 1.82) is 0 Å². The van der Waals surface area contributed by atoms with Gasteiger partial charge < -0.3 is 0 Å². The number of hydrogen-bond donors (Lipinski definition) is 0. The average Bonchev–Trinajstić information content (AvgIpc) is 2.05. The van der Waals surface area contributed by atoms with Crippen LogP contribution in [0.2, 0.25) is 0 Å². The summed E-state index contributed by atoms with van der Waals surface area (Å²) in [5.41, 5.74) is 0. The summed E-state index contributed by atoms with van der Waals surface area (Å²) in [7, 11) is 0. The third kappa shape index (κ3) is 1.12. The molecule has 54 valence electrons. The first-order valence-corrected chi connectivity index (χ1v) is 4.79. The molecule has 1 saturated heterocycles. The maximum atomic E-state index is 4.44. The Kier molecular flexibility index (Phi) is 1.80. The SMILES string of the molecule is C1=CC2CCCSC2=NC1. The second-order valence-electron chi connectivity index (χ2n) is 2.70. The van der Waals surface area contributed by atoms with Crippen molar-refractivity contribution < 1.29 is 0 Å². The van der Waals surface area contributed by atoms with Crippen LogP contribution in [-0.2, 0) is 0 Å². The van der Waals surface area contributed by atoms with Gasteiger partial charge in [-0.25, -0.2) is 0 Å². The molecule has 0 bridgehead atoms. The highest BCUT2D eigenvalue weighted by molar-refractivity contribution is 8.14. The highest BCUT2D eigenvalue weighted by atomic mass is 32.2. The van der Waals surface area contributed by atoms with Gasteiger partial charge in [0.2, 0.25) is 0 Å². The second kappa shape index (κ2) is 2.79. The summed E-state index contributed by atoms with van der Waals surface area (Å²) in [6.07, 6.45) is 7.18. The Morgan fingerprint density at radius 3 is 3.50 bits per heavy atom. The first kappa shape index (κ1) is 6.47. The Morgan fingerprint density at radius 2 is 2.60 bits per heavy atom. The Morgan fingerprint density at radius 1 is 1.60 bits per heavy atom. The molecular formula is C8H11NS. The fraction of sp³-hybridized carbons (Fsp3) is 0.625. The molecule has 0 aromatic carbocycles. The standard InChI is InChI=1S/C8H11NS/c1-3-7-4-2-6-10-8(7)9-5-1/h1,3,7H,2,4-6H2. The van der Waals surface area contributed by atoms with Gasteiger partial charge in [0.05, 0.1) is 11.6 Å². The molecule has 2 aliphatic rings. The molecular weight excluding hydrogens is 142 g/mol. The fourth-order valence-corrected chi connectivity index (χ4v) is 2.52. The van der Waals surface area contributed by atoms with Crippen LogP contribution in [-0.4, -0.2) is 17.3 Å². The summed E-state index contributed by atoms with van der Waals surface area (Å²) in [6.45, 7) is 0.916. The van der Waals surface area contributed by atoms with Gasteiger partial charge >= 0.3 is 0 Å². The van der Waals surface area contributed by atoms with E-state index in [2.05, 4.69) is 17.1 Å². The summed E-state index contributed by atoms with van der Waals surface area (Å²) in [4.78, 5) is 4.44. The molecule has 1 unspecified atom stereocenters. The fourth-order valence-electron chi connectivity index (χ4n) is 1.42. The molecule has 2 aliphatic heterocycles. The molecule has 0 amide bonds. The minimum Gasteiger partial charge on any atom is -0.278 e. The van der Waals surface area contributed by atoms with Crippen LogP contribution < -0.4 is 0 Å². The molecule has 0 radical (unpaired) electrons. The summed E-state index contributed by atoms with van der Waals surface area (Å²) < 4.78 is 0. The van der Waals surface area contributed by atoms with Crippen LogP contribution in [0.1, 0.15) is 12.8 Å². The van der Waals surface area contributed by atoms with Gasteiger partial charge in [0.25, 0.3) is 0 Å². The van der Waals surface area contributed by atoms with Gasteiger partial charge in [-0.1, -0.05) is 12.2 Å². The monoisotopic (exact) mass is 153 g/mol. The van der Waals surface area contributed by atoms with E-state index in [0.29, 0.717) is 5.92 Å². The molecule has 2 rings (SSSR count). The minimum absolute atomic E-state index is 0.687. The quantitative estimate of drug-likeness (QED) is 0.485. The van der Waals surface area contributed by atoms with Gasteiger partial charge in [-0.2, -0.15) is 0 Å². The lowest BCUT2D eigenvalue weighted by molar-refractivity contribution is 0.714. The van der Waals surface area contributed by atoms with E-state index in [1.165, 1.54) is 23.6 Å². The van der Waals surface area contributed by atoms with Crippen molar-refractivity contribution in [2.24, 2.45) is 10.9 Å². The molecule has 0 spiro atoms. The number of allylic oxidation sites excluding steroid dienone is 1. The third-order valence-electron chi connectivity index (χ3n) is 1.95. The molecule has 0 aromatic rings. The van der Waals surface area contributed by atoms with Crippen molar-refractivity contribution in [2.75, 3.05) is 12.3 Å². The van der Waals surface area contributed by atoms with E-state index in [0.717, 1.165) is 6.54 Å². The van der Waals surface area contributed by atoms with E-state index in [-0.39, 0.29) is 0 Å². The number of thioether (sulfide) groups is 1. The van der Waals surface area contributed by atoms with Crippen LogP contribution in [0.5, 0.6) is 0 Å². The average molecular weight is 153 g/mol. The molecule has 1 fully saturated rings. The maximum absolute atomic E-state index is 4.44. The van der Waals surface area contributed by atoms with Crippen molar-refractivity contribution in [3.05, 3.63) is 12.2 Å². The van der Waals surface area contributed by atoms with E-state index >= 15 is 0 Å². The lowest BCUT2D eigenvalue weighted by Gasteiger charge is -2.22. The van der Waals surface area contributed by atoms with Crippen molar-refractivity contribution in [1.82, 2.24) is 0 Å². The Bertz CT molecular complexity index is 184. The topological polar surface area (TPSA) is 12.4 Å². The van der Waals surface area contributed by atoms with E-state index in [1.807, 2.05) is 11.8 Å². The van der Waals surface area contributed by atoms with Crippen molar-refractivity contribution in [3.63, 3.8) is 0 Å². The van der Waals surface area contributed by atoms with Crippen LogP contribution in [0.3, 0.4) is 0 Å². The first-order chi connectivity index (χ1) is 4.97. The zero-order valence-electron chi connectivity index (χ0n) is 5.92. The Balaban J connectivity index is 2.13. The van der Waals surface area contributed by atoms with Crippen LogP contribution >= 0.6 is 11.8 Å². The van der Waals surface area contributed by atoms with Gasteiger partial charge in [-0.3, -0.25) is 4.99 Å². The number of aliphatic imine (C=N–C) groups is 1. The van der Waals surface area contributed by atoms with E-state index < -0.39 is 0 Å². The summed E-state index contributed by atoms with van der Waals surface area (Å²) in [5.74, 6) is 1.97. The summed E-state index contributed by atoms with van der Waals surface area (Å²) in [6, 6.07) is 0. The highest BCUT2D eigenvalue weighted by Gasteiger charge is 2.19. The van der Waals surface area contributed by atoms with Gasteiger partial charge in [0.15, 0.2) is 0 Å². The van der Waals surface area contributed by atoms with E-state index in [1.54, 1.807) is 0 Å². The number of fused-ring (bicyclic) bond motifs is 1. The molecule has 0 aliphatic carbocycles. The van der Waals surface area contributed by atoms with Crippen LogP contribution in [0.15, 0.2) is 17.1 Å². The lowest BCUT2D eigenvalue weighted by Crippen LogP contribution is -2.17. The van der Waals surface area contributed by atoms with Gasteiger partial charge in [0, 0.05) is 5.92 Å². The lowest BCUT2D eigenvalue weighted by atomic mass is 10.0. The first-order valence-electron chi connectivity index (χ1n) is 3.80. The predicted octanol–water partition coefficient (Wildman–Crippen LogP) is 2.10. The van der Waals surface area contributed by atoms with Gasteiger partial charge in [0.1, 0.15) is 0 Å². The van der Waals surface area contributed by atoms with Crippen LogP contribution in [0, 0.1) is 5.92 Å². The van der Waals surface area contributed by atoms with Crippen LogP contribution in [0.25, 0.3) is 0 Å². The largest absolute Gasteiger partial charge is 0.278 e.